The quantitative estimate of drug-likeness (QED) is 0.518. The first-order valence-corrected chi connectivity index (χ1v) is 9.80. The van der Waals surface area contributed by atoms with Crippen molar-refractivity contribution >= 4 is 11.6 Å². The molecule has 9 heteroatoms. The summed E-state index contributed by atoms with van der Waals surface area (Å²) < 4.78 is 21.7. The molecule has 2 aromatic carbocycles. The molecule has 4 aromatic rings. The fourth-order valence-corrected chi connectivity index (χ4v) is 3.12. The third kappa shape index (κ3) is 3.85. The van der Waals surface area contributed by atoms with Crippen molar-refractivity contribution in [3.8, 4) is 34.3 Å². The van der Waals surface area contributed by atoms with E-state index in [0.29, 0.717) is 54.3 Å². The highest BCUT2D eigenvalue weighted by Gasteiger charge is 2.17. The number of ether oxygens (including phenoxy) is 2. The van der Waals surface area contributed by atoms with Crippen LogP contribution in [0.25, 0.3) is 22.8 Å². The van der Waals surface area contributed by atoms with Crippen LogP contribution in [0, 0.1) is 0 Å². The summed E-state index contributed by atoms with van der Waals surface area (Å²) in [5.74, 6) is 2.48. The molecule has 0 radical (unpaired) electrons. The molecule has 0 atom stereocenters. The zero-order chi connectivity index (χ0) is 21.2. The maximum Gasteiger partial charge on any atom is 0.277 e. The highest BCUT2D eigenvalue weighted by Crippen LogP contribution is 2.34. The molecule has 156 valence electrons. The molecule has 3 heterocycles. The number of hydrogen-bond donors (Lipinski definition) is 1. The summed E-state index contributed by atoms with van der Waals surface area (Å²) in [6.07, 6.45) is 0.698. The van der Waals surface area contributed by atoms with Crippen LogP contribution in [-0.4, -0.2) is 34.4 Å². The van der Waals surface area contributed by atoms with E-state index in [1.54, 1.807) is 42.5 Å². The van der Waals surface area contributed by atoms with E-state index >= 15 is 0 Å². The van der Waals surface area contributed by atoms with E-state index in [9.17, 15) is 4.79 Å². The van der Waals surface area contributed by atoms with E-state index in [4.69, 9.17) is 18.5 Å². The van der Waals surface area contributed by atoms with Gasteiger partial charge in [-0.05, 0) is 42.5 Å². The highest BCUT2D eigenvalue weighted by atomic mass is 16.6. The molecule has 0 aliphatic carbocycles. The number of aromatic nitrogens is 3. The van der Waals surface area contributed by atoms with Gasteiger partial charge in [0.05, 0.1) is 0 Å². The Morgan fingerprint density at radius 2 is 1.71 bits per heavy atom. The molecule has 1 aliphatic rings. The molecule has 31 heavy (non-hydrogen) atoms. The number of nitrogens with one attached hydrogen (secondary N) is 1. The Balaban J connectivity index is 1.28. The minimum atomic E-state index is -0.383. The Labute approximate surface area is 177 Å². The molecular weight excluding hydrogens is 400 g/mol. The van der Waals surface area contributed by atoms with Crippen molar-refractivity contribution in [1.82, 2.24) is 15.3 Å². The molecule has 5 rings (SSSR count). The van der Waals surface area contributed by atoms with Crippen molar-refractivity contribution in [2.24, 2.45) is 0 Å². The number of nitrogens with zero attached hydrogens (tertiary/aromatic N) is 3. The average molecular weight is 418 g/mol. The SMILES string of the molecule is CCc1noc(-c2ccc(NC(=O)c3cc(-c4ccc5c(c4)OCCO5)on3)cc2)n1. The number of fused-ring (bicyclic) bond motifs is 1. The van der Waals surface area contributed by atoms with Crippen molar-refractivity contribution in [3.05, 3.63) is 60.0 Å². The largest absolute Gasteiger partial charge is 0.486 e. The average Bonchev–Trinajstić information content (AvgIpc) is 3.49. The molecule has 0 saturated heterocycles. The van der Waals surface area contributed by atoms with Gasteiger partial charge in [0.2, 0.25) is 0 Å². The van der Waals surface area contributed by atoms with E-state index in [1.165, 1.54) is 0 Å². The topological polar surface area (TPSA) is 113 Å². The van der Waals surface area contributed by atoms with Crippen molar-refractivity contribution in [2.75, 3.05) is 18.5 Å². The minimum Gasteiger partial charge on any atom is -0.486 e. The van der Waals surface area contributed by atoms with Crippen LogP contribution >= 0.6 is 0 Å². The summed E-state index contributed by atoms with van der Waals surface area (Å²) in [4.78, 5) is 16.9. The van der Waals surface area contributed by atoms with Crippen LogP contribution in [0.3, 0.4) is 0 Å². The lowest BCUT2D eigenvalue weighted by atomic mass is 10.1. The maximum atomic E-state index is 12.6. The van der Waals surface area contributed by atoms with Crippen LogP contribution in [0.4, 0.5) is 5.69 Å². The molecule has 0 spiro atoms. The van der Waals surface area contributed by atoms with Gasteiger partial charge in [-0.3, -0.25) is 4.79 Å². The molecule has 1 aliphatic heterocycles. The van der Waals surface area contributed by atoms with Crippen molar-refractivity contribution < 1.29 is 23.3 Å². The summed E-state index contributed by atoms with van der Waals surface area (Å²) in [5.41, 5.74) is 2.28. The van der Waals surface area contributed by atoms with Crippen LogP contribution < -0.4 is 14.8 Å². The second-order valence-corrected chi connectivity index (χ2v) is 6.84. The van der Waals surface area contributed by atoms with Gasteiger partial charge in [0.15, 0.2) is 28.8 Å². The maximum absolute atomic E-state index is 12.6. The van der Waals surface area contributed by atoms with Crippen molar-refractivity contribution in [1.29, 1.82) is 0 Å². The molecule has 0 fully saturated rings. The first kappa shape index (κ1) is 18.9. The predicted octanol–water partition coefficient (Wildman–Crippen LogP) is 3.98. The van der Waals surface area contributed by atoms with E-state index in [0.717, 1.165) is 11.1 Å². The number of carbonyl (C=O) groups is 1. The van der Waals surface area contributed by atoms with Crippen LogP contribution in [-0.2, 0) is 6.42 Å². The second-order valence-electron chi connectivity index (χ2n) is 6.84. The van der Waals surface area contributed by atoms with E-state index in [2.05, 4.69) is 20.6 Å². The number of carbonyl (C=O) groups excluding carboxylic acids is 1. The number of hydrogen-bond acceptors (Lipinski definition) is 8. The standard InChI is InChI=1S/C22H18N4O5/c1-2-20-24-22(31-26-20)13-3-6-15(7-4-13)23-21(27)16-12-18(30-25-16)14-5-8-17-19(11-14)29-10-9-28-17/h3-8,11-12H,2,9-10H2,1H3,(H,23,27). The molecule has 2 aromatic heterocycles. The zero-order valence-corrected chi connectivity index (χ0v) is 16.6. The predicted molar refractivity (Wildman–Crippen MR) is 110 cm³/mol. The fraction of sp³-hybridized carbons (Fsp3) is 0.182. The van der Waals surface area contributed by atoms with Gasteiger partial charge in [0, 0.05) is 29.3 Å². The van der Waals surface area contributed by atoms with Gasteiger partial charge in [-0.1, -0.05) is 17.2 Å². The molecule has 0 saturated carbocycles. The lowest BCUT2D eigenvalue weighted by molar-refractivity contribution is 0.101. The van der Waals surface area contributed by atoms with Crippen LogP contribution in [0.15, 0.2) is 57.6 Å². The Kier molecular flexibility index (Phi) is 4.83. The highest BCUT2D eigenvalue weighted by molar-refractivity contribution is 6.03. The zero-order valence-electron chi connectivity index (χ0n) is 16.6. The van der Waals surface area contributed by atoms with Gasteiger partial charge in [-0.2, -0.15) is 4.98 Å². The third-order valence-electron chi connectivity index (χ3n) is 4.74. The Bertz CT molecular complexity index is 1230. The smallest absolute Gasteiger partial charge is 0.277 e. The van der Waals surface area contributed by atoms with Gasteiger partial charge in [-0.15, -0.1) is 0 Å². The Morgan fingerprint density at radius 3 is 2.48 bits per heavy atom. The van der Waals surface area contributed by atoms with Crippen LogP contribution in [0.1, 0.15) is 23.2 Å². The summed E-state index contributed by atoms with van der Waals surface area (Å²) in [5, 5.41) is 10.6. The van der Waals surface area contributed by atoms with Crippen LogP contribution in [0.5, 0.6) is 11.5 Å². The van der Waals surface area contributed by atoms with Gasteiger partial charge >= 0.3 is 0 Å². The summed E-state index contributed by atoms with van der Waals surface area (Å²) in [7, 11) is 0. The lowest BCUT2D eigenvalue weighted by Gasteiger charge is -2.18. The molecule has 1 N–H and O–H groups in total. The minimum absolute atomic E-state index is 0.165. The summed E-state index contributed by atoms with van der Waals surface area (Å²) in [6.45, 7) is 2.97. The van der Waals surface area contributed by atoms with Gasteiger partial charge < -0.3 is 23.8 Å². The normalized spacial score (nSPS) is 12.5. The molecular formula is C22H18N4O5. The molecule has 1 amide bonds. The fourth-order valence-electron chi connectivity index (χ4n) is 3.12. The Hall–Kier alpha value is -4.14. The summed E-state index contributed by atoms with van der Waals surface area (Å²) >= 11 is 0. The lowest BCUT2D eigenvalue weighted by Crippen LogP contribution is -2.15. The molecule has 9 nitrogen and oxygen atoms in total. The van der Waals surface area contributed by atoms with Crippen molar-refractivity contribution in [2.45, 2.75) is 13.3 Å². The third-order valence-corrected chi connectivity index (χ3v) is 4.74. The van der Waals surface area contributed by atoms with E-state index in [-0.39, 0.29) is 11.6 Å². The van der Waals surface area contributed by atoms with Crippen LogP contribution in [0.2, 0.25) is 0 Å². The number of benzene rings is 2. The molecule has 0 bridgehead atoms. The number of rotatable bonds is 5. The van der Waals surface area contributed by atoms with E-state index in [1.807, 2.05) is 13.0 Å². The van der Waals surface area contributed by atoms with Gasteiger partial charge in [0.1, 0.15) is 13.2 Å². The number of aryl methyl sites for hydroxylation is 1. The molecule has 0 unspecified atom stereocenters. The van der Waals surface area contributed by atoms with Gasteiger partial charge in [-0.25, -0.2) is 0 Å². The van der Waals surface area contributed by atoms with Gasteiger partial charge in [0.25, 0.3) is 11.8 Å². The first-order valence-electron chi connectivity index (χ1n) is 9.80. The monoisotopic (exact) mass is 418 g/mol. The number of amides is 1. The first-order chi connectivity index (χ1) is 15.2. The summed E-state index contributed by atoms with van der Waals surface area (Å²) in [6, 6.07) is 14.1. The van der Waals surface area contributed by atoms with E-state index < -0.39 is 0 Å². The second kappa shape index (κ2) is 7.94. The Morgan fingerprint density at radius 1 is 0.935 bits per heavy atom. The number of anilines is 1. The van der Waals surface area contributed by atoms with Crippen molar-refractivity contribution in [3.63, 3.8) is 0 Å².